The third kappa shape index (κ3) is 5.38. The molecule has 2 aromatic rings. The highest BCUT2D eigenvalue weighted by molar-refractivity contribution is 6.02. The van der Waals surface area contributed by atoms with Crippen molar-refractivity contribution in [1.82, 2.24) is 14.9 Å². The fraction of sp³-hybridized carbons (Fsp3) is 0.478. The van der Waals surface area contributed by atoms with E-state index in [9.17, 15) is 14.4 Å². The number of aryl methyl sites for hydroxylation is 2. The monoisotopic (exact) mass is 426 g/mol. The molecule has 1 aliphatic heterocycles. The van der Waals surface area contributed by atoms with Crippen molar-refractivity contribution in [3.63, 3.8) is 0 Å². The lowest BCUT2D eigenvalue weighted by molar-refractivity contribution is -0.121. The first kappa shape index (κ1) is 22.7. The minimum Gasteiger partial charge on any atom is -0.462 e. The number of nitrogens with zero attached hydrogens (tertiary/aromatic N) is 2. The topological polar surface area (TPSA) is 104 Å². The number of anilines is 1. The zero-order chi connectivity index (χ0) is 22.5. The summed E-state index contributed by atoms with van der Waals surface area (Å²) in [5.41, 5.74) is 2.92. The molecule has 1 amide bonds. The van der Waals surface area contributed by atoms with E-state index in [1.807, 2.05) is 24.0 Å². The summed E-state index contributed by atoms with van der Waals surface area (Å²) in [4.78, 5) is 47.2. The van der Waals surface area contributed by atoms with E-state index in [0.29, 0.717) is 34.9 Å². The number of H-pyrrole nitrogens is 1. The first-order chi connectivity index (χ1) is 14.8. The van der Waals surface area contributed by atoms with Gasteiger partial charge in [0.2, 0.25) is 5.91 Å². The molecule has 1 unspecified atom stereocenters. The van der Waals surface area contributed by atoms with Gasteiger partial charge in [-0.1, -0.05) is 6.07 Å². The van der Waals surface area contributed by atoms with E-state index < -0.39 is 5.97 Å². The van der Waals surface area contributed by atoms with E-state index in [-0.39, 0.29) is 30.8 Å². The Balaban J connectivity index is 1.64. The predicted molar refractivity (Wildman–Crippen MR) is 117 cm³/mol. The quantitative estimate of drug-likeness (QED) is 0.521. The summed E-state index contributed by atoms with van der Waals surface area (Å²) >= 11 is 0. The molecule has 3 heterocycles. The molecule has 8 heteroatoms. The predicted octanol–water partition coefficient (Wildman–Crippen LogP) is 3.05. The van der Waals surface area contributed by atoms with Gasteiger partial charge in [0.25, 0.3) is 0 Å². The Hall–Kier alpha value is -3.00. The first-order valence-corrected chi connectivity index (χ1v) is 10.7. The van der Waals surface area contributed by atoms with E-state index in [2.05, 4.69) is 15.3 Å². The van der Waals surface area contributed by atoms with Crippen molar-refractivity contribution in [2.45, 2.75) is 40.5 Å². The average Bonchev–Trinajstić information content (AvgIpc) is 3.02. The molecule has 1 fully saturated rings. The van der Waals surface area contributed by atoms with Crippen LogP contribution in [0.1, 0.15) is 57.6 Å². The Bertz CT molecular complexity index is 982. The van der Waals surface area contributed by atoms with Gasteiger partial charge in [0.05, 0.1) is 30.3 Å². The molecule has 2 N–H and O–H groups in total. The van der Waals surface area contributed by atoms with Gasteiger partial charge in [-0.05, 0) is 64.8 Å². The van der Waals surface area contributed by atoms with Gasteiger partial charge in [-0.15, -0.1) is 0 Å². The van der Waals surface area contributed by atoms with Crippen LogP contribution in [-0.2, 0) is 9.53 Å². The summed E-state index contributed by atoms with van der Waals surface area (Å²) in [5, 5.41) is 2.88. The SMILES string of the molecule is CCOC(=O)c1c(C)[nH]c(C(=O)CN2CCCC(C(=O)Nc3cccc(C)n3)C2)c1C. The van der Waals surface area contributed by atoms with Gasteiger partial charge >= 0.3 is 5.97 Å². The van der Waals surface area contributed by atoms with Crippen LogP contribution in [0.4, 0.5) is 5.82 Å². The van der Waals surface area contributed by atoms with Crippen LogP contribution in [-0.4, -0.2) is 58.8 Å². The second kappa shape index (κ2) is 9.87. The molecule has 31 heavy (non-hydrogen) atoms. The summed E-state index contributed by atoms with van der Waals surface area (Å²) in [6.07, 6.45) is 1.61. The van der Waals surface area contributed by atoms with E-state index in [1.165, 1.54) is 0 Å². The maximum absolute atomic E-state index is 12.9. The second-order valence-corrected chi connectivity index (χ2v) is 8.00. The number of carbonyl (C=O) groups excluding carboxylic acids is 3. The average molecular weight is 427 g/mol. The van der Waals surface area contributed by atoms with Crippen LogP contribution in [0, 0.1) is 26.7 Å². The molecule has 166 valence electrons. The molecular formula is C23H30N4O4. The third-order valence-corrected chi connectivity index (χ3v) is 5.58. The van der Waals surface area contributed by atoms with Crippen molar-refractivity contribution in [2.75, 3.05) is 31.6 Å². The molecule has 3 rings (SSSR count). The van der Waals surface area contributed by atoms with E-state index in [0.717, 1.165) is 25.1 Å². The van der Waals surface area contributed by atoms with Crippen LogP contribution in [0.2, 0.25) is 0 Å². The largest absolute Gasteiger partial charge is 0.462 e. The number of Topliss-reactive ketones (excluding diaryl/α,β-unsaturated/α-hetero) is 1. The Morgan fingerprint density at radius 1 is 1.26 bits per heavy atom. The van der Waals surface area contributed by atoms with Gasteiger partial charge in [-0.25, -0.2) is 9.78 Å². The maximum Gasteiger partial charge on any atom is 0.340 e. The zero-order valence-corrected chi connectivity index (χ0v) is 18.6. The molecule has 0 aromatic carbocycles. The second-order valence-electron chi connectivity index (χ2n) is 8.00. The molecule has 1 aliphatic rings. The van der Waals surface area contributed by atoms with Gasteiger partial charge in [0.15, 0.2) is 5.78 Å². The standard InChI is InChI=1S/C23H30N4O4/c1-5-31-23(30)20-15(3)21(25-16(20)4)18(28)13-27-11-7-9-17(12-27)22(29)26-19-10-6-8-14(2)24-19/h6,8,10,17,25H,5,7,9,11-13H2,1-4H3,(H,24,26,29). The molecule has 1 saturated heterocycles. The van der Waals surface area contributed by atoms with Crippen LogP contribution < -0.4 is 5.32 Å². The third-order valence-electron chi connectivity index (χ3n) is 5.58. The van der Waals surface area contributed by atoms with Crippen LogP contribution in [0.3, 0.4) is 0 Å². The highest BCUT2D eigenvalue weighted by Gasteiger charge is 2.29. The summed E-state index contributed by atoms with van der Waals surface area (Å²) in [7, 11) is 0. The van der Waals surface area contributed by atoms with Crippen molar-refractivity contribution in [1.29, 1.82) is 0 Å². The Kier molecular flexibility index (Phi) is 7.22. The number of piperidine rings is 1. The molecule has 0 spiro atoms. The van der Waals surface area contributed by atoms with Crippen LogP contribution in [0.25, 0.3) is 0 Å². The van der Waals surface area contributed by atoms with Crippen LogP contribution >= 0.6 is 0 Å². The number of nitrogens with one attached hydrogen (secondary N) is 2. The van der Waals surface area contributed by atoms with Crippen molar-refractivity contribution in [2.24, 2.45) is 5.92 Å². The number of amides is 1. The number of carbonyl (C=O) groups is 3. The highest BCUT2D eigenvalue weighted by Crippen LogP contribution is 2.22. The Morgan fingerprint density at radius 2 is 2.03 bits per heavy atom. The smallest absolute Gasteiger partial charge is 0.340 e. The number of ether oxygens (including phenoxy) is 1. The van der Waals surface area contributed by atoms with Crippen LogP contribution in [0.15, 0.2) is 18.2 Å². The first-order valence-electron chi connectivity index (χ1n) is 10.7. The minimum atomic E-state index is -0.424. The minimum absolute atomic E-state index is 0.0771. The van der Waals surface area contributed by atoms with Gasteiger partial charge in [-0.3, -0.25) is 14.5 Å². The summed E-state index contributed by atoms with van der Waals surface area (Å²) in [6.45, 7) is 8.87. The molecule has 0 saturated carbocycles. The molecule has 0 bridgehead atoms. The van der Waals surface area contributed by atoms with Gasteiger partial charge in [-0.2, -0.15) is 0 Å². The highest BCUT2D eigenvalue weighted by atomic mass is 16.5. The number of pyridine rings is 1. The number of aromatic nitrogens is 2. The van der Waals surface area contributed by atoms with Crippen molar-refractivity contribution in [3.05, 3.63) is 46.4 Å². The summed E-state index contributed by atoms with van der Waals surface area (Å²) < 4.78 is 5.10. The van der Waals surface area contributed by atoms with E-state index >= 15 is 0 Å². The lowest BCUT2D eigenvalue weighted by atomic mass is 9.96. The fourth-order valence-corrected chi connectivity index (χ4v) is 4.07. The molecule has 0 aliphatic carbocycles. The van der Waals surface area contributed by atoms with E-state index in [4.69, 9.17) is 4.74 Å². The van der Waals surface area contributed by atoms with Crippen molar-refractivity contribution < 1.29 is 19.1 Å². The molecular weight excluding hydrogens is 396 g/mol. The number of rotatable bonds is 7. The Labute approximate surface area is 182 Å². The van der Waals surface area contributed by atoms with Gasteiger partial charge in [0.1, 0.15) is 5.82 Å². The lowest BCUT2D eigenvalue weighted by Crippen LogP contribution is -2.43. The molecule has 0 radical (unpaired) electrons. The van der Waals surface area contributed by atoms with Gasteiger partial charge in [0, 0.05) is 17.9 Å². The number of hydrogen-bond acceptors (Lipinski definition) is 6. The van der Waals surface area contributed by atoms with Crippen molar-refractivity contribution >= 4 is 23.5 Å². The summed E-state index contributed by atoms with van der Waals surface area (Å²) in [6, 6.07) is 5.50. The molecule has 2 aromatic heterocycles. The van der Waals surface area contributed by atoms with E-state index in [1.54, 1.807) is 26.8 Å². The van der Waals surface area contributed by atoms with Crippen molar-refractivity contribution in [3.8, 4) is 0 Å². The van der Waals surface area contributed by atoms with Crippen LogP contribution in [0.5, 0.6) is 0 Å². The number of hydrogen-bond donors (Lipinski definition) is 2. The molecule has 1 atom stereocenters. The number of likely N-dealkylation sites (tertiary alicyclic amines) is 1. The number of aromatic amines is 1. The van der Waals surface area contributed by atoms with Gasteiger partial charge < -0.3 is 15.0 Å². The lowest BCUT2D eigenvalue weighted by Gasteiger charge is -2.31. The Morgan fingerprint density at radius 3 is 2.74 bits per heavy atom. The maximum atomic E-state index is 12.9. The fourth-order valence-electron chi connectivity index (χ4n) is 4.07. The number of ketones is 1. The normalized spacial score (nSPS) is 16.7. The number of esters is 1. The summed E-state index contributed by atoms with van der Waals surface area (Å²) in [5.74, 6) is -0.260. The zero-order valence-electron chi connectivity index (χ0n) is 18.6. The molecule has 8 nitrogen and oxygen atoms in total.